The average Bonchev–Trinajstić information content (AvgIpc) is 3.52. The third-order valence-corrected chi connectivity index (χ3v) is 7.67. The lowest BCUT2D eigenvalue weighted by molar-refractivity contribution is -0.124. The van der Waals surface area contributed by atoms with Gasteiger partial charge in [0.1, 0.15) is 23.6 Å². The van der Waals surface area contributed by atoms with Crippen LogP contribution in [0, 0.1) is 18.3 Å². The third-order valence-electron chi connectivity index (χ3n) is 7.07. The molecule has 3 heterocycles. The number of carboxylic acids is 1. The molecular weight excluding hydrogens is 621 g/mol. The summed E-state index contributed by atoms with van der Waals surface area (Å²) in [5.41, 5.74) is -0.153. The van der Waals surface area contributed by atoms with E-state index in [1.165, 1.54) is 12.1 Å². The molecule has 2 N–H and O–H groups in total. The first-order chi connectivity index (χ1) is 21.1. The minimum absolute atomic E-state index is 0.0197. The summed E-state index contributed by atoms with van der Waals surface area (Å²) >= 11 is 12.2. The normalized spacial score (nSPS) is 16.1. The molecular formula is C32H31Cl2N5O6. The first-order valence-corrected chi connectivity index (χ1v) is 14.5. The number of amidine groups is 1. The van der Waals surface area contributed by atoms with Crippen molar-refractivity contribution in [3.8, 4) is 23.8 Å². The van der Waals surface area contributed by atoms with Crippen molar-refractivity contribution in [3.63, 3.8) is 0 Å². The van der Waals surface area contributed by atoms with Crippen LogP contribution >= 0.6 is 23.2 Å². The second-order valence-corrected chi connectivity index (χ2v) is 12.5. The highest BCUT2D eigenvalue weighted by Gasteiger charge is 2.43. The number of ether oxygens (including phenoxy) is 1. The van der Waals surface area contributed by atoms with Gasteiger partial charge < -0.3 is 19.6 Å². The Morgan fingerprint density at radius 3 is 2.44 bits per heavy atom. The lowest BCUT2D eigenvalue weighted by Crippen LogP contribution is -2.41. The maximum atomic E-state index is 12.3. The Kier molecular flexibility index (Phi) is 9.42. The van der Waals surface area contributed by atoms with E-state index in [9.17, 15) is 19.5 Å². The van der Waals surface area contributed by atoms with Crippen molar-refractivity contribution < 1.29 is 23.8 Å². The van der Waals surface area contributed by atoms with Gasteiger partial charge in [0, 0.05) is 16.9 Å². The molecule has 1 aliphatic rings. The fourth-order valence-corrected chi connectivity index (χ4v) is 4.67. The topological polar surface area (TPSA) is 149 Å². The Bertz CT molecular complexity index is 1930. The maximum absolute atomic E-state index is 12.3. The predicted molar refractivity (Wildman–Crippen MR) is 172 cm³/mol. The highest BCUT2D eigenvalue weighted by molar-refractivity contribution is 6.36. The molecule has 1 amide bonds. The number of amides is 1. The van der Waals surface area contributed by atoms with E-state index < -0.39 is 22.7 Å². The molecule has 234 valence electrons. The van der Waals surface area contributed by atoms with E-state index in [4.69, 9.17) is 38.8 Å². The van der Waals surface area contributed by atoms with Crippen LogP contribution < -0.4 is 15.8 Å². The smallest absolute Gasteiger partial charge is 0.442 e. The van der Waals surface area contributed by atoms with E-state index in [-0.39, 0.29) is 45.6 Å². The first-order valence-electron chi connectivity index (χ1n) is 13.8. The summed E-state index contributed by atoms with van der Waals surface area (Å²) in [6.45, 7) is 11.2. The Balaban J connectivity index is 0.000000205. The molecule has 2 aromatic carbocycles. The SMILES string of the molecule is C#CCOc1cc(-n2nc(C(C)(C)C)oc2=O)c(Cl)cc1Cl.CC(C)C1(C)N=C(c2nc3ccccc3cc2C(=O)O)NC1=O. The van der Waals surface area contributed by atoms with Gasteiger partial charge in [-0.25, -0.2) is 19.6 Å². The number of aromatic nitrogens is 3. The Labute approximate surface area is 269 Å². The average molecular weight is 653 g/mol. The number of terminal acetylenes is 1. The number of nitrogens with one attached hydrogen (secondary N) is 1. The van der Waals surface area contributed by atoms with Crippen molar-refractivity contribution in [1.29, 1.82) is 0 Å². The summed E-state index contributed by atoms with van der Waals surface area (Å²) in [4.78, 5) is 44.7. The predicted octanol–water partition coefficient (Wildman–Crippen LogP) is 5.67. The van der Waals surface area contributed by atoms with Crippen molar-refractivity contribution in [3.05, 3.63) is 80.2 Å². The van der Waals surface area contributed by atoms with Crippen molar-refractivity contribution in [2.75, 3.05) is 6.61 Å². The molecule has 13 heteroatoms. The zero-order valence-corrected chi connectivity index (χ0v) is 26.9. The van der Waals surface area contributed by atoms with Gasteiger partial charge in [-0.15, -0.1) is 11.5 Å². The van der Waals surface area contributed by atoms with Gasteiger partial charge in [0.2, 0.25) is 5.89 Å². The van der Waals surface area contributed by atoms with Crippen LogP contribution in [-0.4, -0.2) is 49.7 Å². The lowest BCUT2D eigenvalue weighted by Gasteiger charge is -2.21. The maximum Gasteiger partial charge on any atom is 0.442 e. The zero-order chi connectivity index (χ0) is 33.3. The number of rotatable bonds is 6. The quantitative estimate of drug-likeness (QED) is 0.253. The van der Waals surface area contributed by atoms with E-state index in [1.54, 1.807) is 25.1 Å². The standard InChI is InChI=1S/C17H17N3O3.C15H14Cl2N2O3/c1-9(2)17(3)16(23)19-14(20-17)13-11(15(21)22)8-10-6-4-5-7-12(10)18-13;1-5-6-21-12-8-11(9(16)7-10(12)17)19-14(20)22-13(18-19)15(2,3)4/h4-9H,1-3H3,(H,21,22)(H,19,20,23);1,7-8H,6H2,2-4H3. The zero-order valence-electron chi connectivity index (χ0n) is 25.4. The Morgan fingerprint density at radius 2 is 1.87 bits per heavy atom. The molecule has 11 nitrogen and oxygen atoms in total. The Morgan fingerprint density at radius 1 is 1.18 bits per heavy atom. The molecule has 0 fully saturated rings. The van der Waals surface area contributed by atoms with Crippen molar-refractivity contribution in [1.82, 2.24) is 20.1 Å². The molecule has 2 aromatic heterocycles. The number of aliphatic imine (C=N–C) groups is 1. The summed E-state index contributed by atoms with van der Waals surface area (Å²) < 4.78 is 11.6. The molecule has 0 bridgehead atoms. The van der Waals surface area contributed by atoms with E-state index in [0.717, 1.165) is 10.1 Å². The molecule has 1 unspecified atom stereocenters. The summed E-state index contributed by atoms with van der Waals surface area (Å²) in [6, 6.07) is 11.8. The number of hydrogen-bond acceptors (Lipinski definition) is 8. The number of carbonyl (C=O) groups is 2. The number of carboxylic acid groups (broad SMARTS) is 1. The number of para-hydroxylation sites is 1. The van der Waals surface area contributed by atoms with Gasteiger partial charge in [-0.3, -0.25) is 4.79 Å². The van der Waals surface area contributed by atoms with E-state index in [1.807, 2.05) is 46.8 Å². The number of fused-ring (bicyclic) bond motifs is 1. The summed E-state index contributed by atoms with van der Waals surface area (Å²) in [7, 11) is 0. The van der Waals surface area contributed by atoms with Gasteiger partial charge in [0.05, 0.1) is 26.8 Å². The minimum Gasteiger partial charge on any atom is -0.479 e. The van der Waals surface area contributed by atoms with E-state index >= 15 is 0 Å². The second kappa shape index (κ2) is 12.8. The molecule has 0 saturated heterocycles. The van der Waals surface area contributed by atoms with Crippen LogP contribution in [0.3, 0.4) is 0 Å². The van der Waals surface area contributed by atoms with Crippen molar-refractivity contribution in [2.24, 2.45) is 10.9 Å². The number of pyridine rings is 1. The molecule has 0 saturated carbocycles. The van der Waals surface area contributed by atoms with Crippen LogP contribution in [0.1, 0.15) is 63.5 Å². The van der Waals surface area contributed by atoms with Gasteiger partial charge in [-0.2, -0.15) is 4.68 Å². The highest BCUT2D eigenvalue weighted by Crippen LogP contribution is 2.33. The molecule has 0 spiro atoms. The number of carbonyl (C=O) groups excluding carboxylic acids is 1. The molecule has 4 aromatic rings. The second-order valence-electron chi connectivity index (χ2n) is 11.7. The molecule has 1 aliphatic heterocycles. The van der Waals surface area contributed by atoms with Crippen molar-refractivity contribution in [2.45, 2.75) is 52.5 Å². The number of halogens is 2. The number of benzene rings is 2. The van der Waals surface area contributed by atoms with Gasteiger partial charge in [0.25, 0.3) is 5.91 Å². The first kappa shape index (κ1) is 33.2. The molecule has 1 atom stereocenters. The fraction of sp³-hybridized carbons (Fsp3) is 0.312. The van der Waals surface area contributed by atoms with Gasteiger partial charge >= 0.3 is 11.7 Å². The van der Waals surface area contributed by atoms with Crippen LogP contribution in [-0.2, 0) is 10.2 Å². The minimum atomic E-state index is -1.10. The monoisotopic (exact) mass is 651 g/mol. The fourth-order valence-electron chi connectivity index (χ4n) is 4.15. The van der Waals surface area contributed by atoms with E-state index in [2.05, 4.69) is 26.3 Å². The van der Waals surface area contributed by atoms with Gasteiger partial charge in [-0.1, -0.05) is 81.9 Å². The summed E-state index contributed by atoms with van der Waals surface area (Å²) in [6.07, 6.45) is 5.15. The van der Waals surface area contributed by atoms with E-state index in [0.29, 0.717) is 22.8 Å². The van der Waals surface area contributed by atoms with Crippen LogP contribution in [0.4, 0.5) is 0 Å². The van der Waals surface area contributed by atoms with Crippen molar-refractivity contribution >= 4 is 51.8 Å². The molecule has 0 aliphatic carbocycles. The van der Waals surface area contributed by atoms with Crippen LogP contribution in [0.5, 0.6) is 5.75 Å². The molecule has 5 rings (SSSR count). The molecule has 0 radical (unpaired) electrons. The number of nitrogens with zero attached hydrogens (tertiary/aromatic N) is 4. The summed E-state index contributed by atoms with van der Waals surface area (Å²) in [5, 5.41) is 17.6. The summed E-state index contributed by atoms with van der Waals surface area (Å²) in [5.74, 6) is 1.16. The highest BCUT2D eigenvalue weighted by atomic mass is 35.5. The van der Waals surface area contributed by atoms with Gasteiger partial charge in [0.15, 0.2) is 5.84 Å². The third kappa shape index (κ3) is 6.87. The largest absolute Gasteiger partial charge is 0.479 e. The number of hydrogen-bond donors (Lipinski definition) is 2. The number of aromatic carboxylic acids is 1. The van der Waals surface area contributed by atoms with Crippen LogP contribution in [0.2, 0.25) is 10.0 Å². The van der Waals surface area contributed by atoms with Gasteiger partial charge in [-0.05, 0) is 31.0 Å². The lowest BCUT2D eigenvalue weighted by atomic mass is 9.89. The van der Waals surface area contributed by atoms with Crippen LogP contribution in [0.15, 0.2) is 56.7 Å². The molecule has 45 heavy (non-hydrogen) atoms. The Hall–Kier alpha value is -4.66. The van der Waals surface area contributed by atoms with Crippen LogP contribution in [0.25, 0.3) is 16.6 Å².